The van der Waals surface area contributed by atoms with Crippen molar-refractivity contribution in [3.8, 4) is 0 Å². The van der Waals surface area contributed by atoms with Crippen LogP contribution in [0.2, 0.25) is 0 Å². The zero-order valence-electron chi connectivity index (χ0n) is 16.7. The number of benzene rings is 2. The highest BCUT2D eigenvalue weighted by atomic mass is 16.5. The smallest absolute Gasteiger partial charge is 0.340 e. The minimum atomic E-state index is -0.982. The van der Waals surface area contributed by atoms with Crippen LogP contribution in [-0.4, -0.2) is 35.9 Å². The Morgan fingerprint density at radius 3 is 2.41 bits per heavy atom. The van der Waals surface area contributed by atoms with Crippen LogP contribution in [0.15, 0.2) is 54.6 Å². The zero-order valence-corrected chi connectivity index (χ0v) is 16.7. The van der Waals surface area contributed by atoms with Crippen molar-refractivity contribution >= 4 is 22.8 Å². The van der Waals surface area contributed by atoms with Crippen molar-refractivity contribution in [1.29, 1.82) is 0 Å². The summed E-state index contributed by atoms with van der Waals surface area (Å²) in [6, 6.07) is 16.8. The Morgan fingerprint density at radius 2 is 1.66 bits per heavy atom. The fourth-order valence-electron chi connectivity index (χ4n) is 3.90. The summed E-state index contributed by atoms with van der Waals surface area (Å²) >= 11 is 0. The molecule has 1 amide bonds. The molecule has 0 fully saturated rings. The second-order valence-electron chi connectivity index (χ2n) is 7.57. The van der Waals surface area contributed by atoms with Gasteiger partial charge in [-0.1, -0.05) is 48.5 Å². The Labute approximate surface area is 170 Å². The molecule has 1 aliphatic carbocycles. The largest absolute Gasteiger partial charge is 0.444 e. The van der Waals surface area contributed by atoms with Crippen molar-refractivity contribution in [2.75, 3.05) is 14.1 Å². The van der Waals surface area contributed by atoms with Gasteiger partial charge in [0.25, 0.3) is 5.91 Å². The first-order chi connectivity index (χ1) is 14.1. The SMILES string of the molecule is CN(C)C(=O)C(OC(=O)c1c2c(nc3ccccc13)CCCC2)c1ccccc1. The number of fused-ring (bicyclic) bond motifs is 2. The Hall–Kier alpha value is -3.21. The van der Waals surface area contributed by atoms with Gasteiger partial charge in [0.15, 0.2) is 0 Å². The molecule has 0 N–H and O–H groups in total. The molecule has 1 aliphatic rings. The summed E-state index contributed by atoms with van der Waals surface area (Å²) in [5.41, 5.74) is 3.93. The van der Waals surface area contributed by atoms with Crippen LogP contribution in [0.3, 0.4) is 0 Å². The fourth-order valence-corrected chi connectivity index (χ4v) is 3.90. The van der Waals surface area contributed by atoms with Crippen LogP contribution in [0.5, 0.6) is 0 Å². The molecular formula is C24H24N2O3. The number of rotatable bonds is 4. The topological polar surface area (TPSA) is 59.5 Å². The average Bonchev–Trinajstić information content (AvgIpc) is 2.75. The van der Waals surface area contributed by atoms with Crippen molar-refractivity contribution in [1.82, 2.24) is 9.88 Å². The number of nitrogens with zero attached hydrogens (tertiary/aromatic N) is 2. The van der Waals surface area contributed by atoms with Gasteiger partial charge in [-0.3, -0.25) is 9.78 Å². The predicted octanol–water partition coefficient (Wildman–Crippen LogP) is 4.10. The number of hydrogen-bond acceptors (Lipinski definition) is 4. The molecule has 1 unspecified atom stereocenters. The van der Waals surface area contributed by atoms with Gasteiger partial charge in [-0.2, -0.15) is 0 Å². The normalized spacial score (nSPS) is 14.1. The lowest BCUT2D eigenvalue weighted by molar-refractivity contribution is -0.138. The van der Waals surface area contributed by atoms with Gasteiger partial charge >= 0.3 is 5.97 Å². The van der Waals surface area contributed by atoms with Crippen LogP contribution in [0.25, 0.3) is 10.9 Å². The monoisotopic (exact) mass is 388 g/mol. The number of carbonyl (C=O) groups is 2. The number of aromatic nitrogens is 1. The van der Waals surface area contributed by atoms with Gasteiger partial charge in [-0.15, -0.1) is 0 Å². The van der Waals surface area contributed by atoms with E-state index in [-0.39, 0.29) is 5.91 Å². The van der Waals surface area contributed by atoms with Gasteiger partial charge in [0.05, 0.1) is 11.1 Å². The van der Waals surface area contributed by atoms with E-state index in [1.165, 1.54) is 4.90 Å². The van der Waals surface area contributed by atoms with Crippen LogP contribution < -0.4 is 0 Å². The quantitative estimate of drug-likeness (QED) is 0.632. The second-order valence-corrected chi connectivity index (χ2v) is 7.57. The highest BCUT2D eigenvalue weighted by molar-refractivity contribution is 6.06. The minimum absolute atomic E-state index is 0.267. The summed E-state index contributed by atoms with van der Waals surface area (Å²) in [5, 5.41) is 0.780. The molecule has 0 aliphatic heterocycles. The first-order valence-electron chi connectivity index (χ1n) is 9.94. The molecule has 5 nitrogen and oxygen atoms in total. The van der Waals surface area contributed by atoms with E-state index in [0.29, 0.717) is 11.1 Å². The molecule has 29 heavy (non-hydrogen) atoms. The molecule has 3 aromatic rings. The molecule has 0 bridgehead atoms. The second kappa shape index (κ2) is 8.03. The first-order valence-corrected chi connectivity index (χ1v) is 9.94. The van der Waals surface area contributed by atoms with Crippen molar-refractivity contribution in [3.05, 3.63) is 77.0 Å². The maximum absolute atomic E-state index is 13.4. The van der Waals surface area contributed by atoms with E-state index in [1.54, 1.807) is 26.2 Å². The molecule has 0 saturated carbocycles. The Morgan fingerprint density at radius 1 is 0.966 bits per heavy atom. The maximum atomic E-state index is 13.4. The van der Waals surface area contributed by atoms with E-state index < -0.39 is 12.1 Å². The van der Waals surface area contributed by atoms with Crippen molar-refractivity contribution in [2.24, 2.45) is 0 Å². The van der Waals surface area contributed by atoms with Gasteiger partial charge < -0.3 is 9.64 Å². The van der Waals surface area contributed by atoms with Crippen molar-refractivity contribution in [3.63, 3.8) is 0 Å². The van der Waals surface area contributed by atoms with Crippen LogP contribution in [0, 0.1) is 0 Å². The van der Waals surface area contributed by atoms with E-state index in [2.05, 4.69) is 0 Å². The molecular weight excluding hydrogens is 364 g/mol. The third-order valence-corrected chi connectivity index (χ3v) is 5.37. The highest BCUT2D eigenvalue weighted by Gasteiger charge is 2.30. The summed E-state index contributed by atoms with van der Waals surface area (Å²) in [6.45, 7) is 0. The Kier molecular flexibility index (Phi) is 5.30. The summed E-state index contributed by atoms with van der Waals surface area (Å²) < 4.78 is 5.86. The lowest BCUT2D eigenvalue weighted by Gasteiger charge is -2.24. The molecule has 148 valence electrons. The summed E-state index contributed by atoms with van der Waals surface area (Å²) in [5.74, 6) is -0.734. The molecule has 2 aromatic carbocycles. The fraction of sp³-hybridized carbons (Fsp3) is 0.292. The van der Waals surface area contributed by atoms with Crippen LogP contribution in [-0.2, 0) is 22.4 Å². The lowest BCUT2D eigenvalue weighted by Crippen LogP contribution is -2.31. The van der Waals surface area contributed by atoms with Crippen LogP contribution in [0.1, 0.15) is 46.1 Å². The molecule has 4 rings (SSSR count). The van der Waals surface area contributed by atoms with E-state index in [9.17, 15) is 9.59 Å². The summed E-state index contributed by atoms with van der Waals surface area (Å²) in [6.07, 6.45) is 2.77. The number of esters is 1. The number of ether oxygens (including phenoxy) is 1. The number of amides is 1. The van der Waals surface area contributed by atoms with E-state index >= 15 is 0 Å². The number of para-hydroxylation sites is 1. The average molecular weight is 388 g/mol. The van der Waals surface area contributed by atoms with Gasteiger partial charge in [-0.05, 0) is 37.3 Å². The lowest BCUT2D eigenvalue weighted by atomic mass is 9.90. The van der Waals surface area contributed by atoms with E-state index in [4.69, 9.17) is 9.72 Å². The number of hydrogen-bond donors (Lipinski definition) is 0. The predicted molar refractivity (Wildman–Crippen MR) is 112 cm³/mol. The van der Waals surface area contributed by atoms with Crippen molar-refractivity contribution < 1.29 is 14.3 Å². The standard InChI is InChI=1S/C24H24N2O3/c1-26(2)23(27)22(16-10-4-3-5-11-16)29-24(28)21-17-12-6-8-14-19(17)25-20-15-9-7-13-18(20)21/h3-6,8,10-12,14,22H,7,9,13,15H2,1-2H3. The van der Waals surface area contributed by atoms with Gasteiger partial charge in [-0.25, -0.2) is 4.79 Å². The van der Waals surface area contributed by atoms with Gasteiger partial charge in [0.1, 0.15) is 0 Å². The number of carbonyl (C=O) groups excluding carboxylic acids is 2. The Bertz CT molecular complexity index is 1060. The maximum Gasteiger partial charge on any atom is 0.340 e. The van der Waals surface area contributed by atoms with Gasteiger partial charge in [0.2, 0.25) is 6.10 Å². The molecule has 1 aromatic heterocycles. The van der Waals surface area contributed by atoms with Crippen LogP contribution >= 0.6 is 0 Å². The van der Waals surface area contributed by atoms with Crippen molar-refractivity contribution in [2.45, 2.75) is 31.8 Å². The number of aryl methyl sites for hydroxylation is 1. The van der Waals surface area contributed by atoms with Gasteiger partial charge in [0, 0.05) is 30.7 Å². The summed E-state index contributed by atoms with van der Waals surface area (Å²) in [7, 11) is 3.33. The molecule has 0 radical (unpaired) electrons. The van der Waals surface area contributed by atoms with Crippen LogP contribution in [0.4, 0.5) is 0 Å². The highest BCUT2D eigenvalue weighted by Crippen LogP contribution is 2.31. The molecule has 5 heteroatoms. The molecule has 0 saturated heterocycles. The third kappa shape index (κ3) is 3.73. The van der Waals surface area contributed by atoms with E-state index in [1.807, 2.05) is 42.5 Å². The first kappa shape index (κ1) is 19.1. The minimum Gasteiger partial charge on any atom is -0.444 e. The molecule has 1 atom stereocenters. The molecule has 1 heterocycles. The van der Waals surface area contributed by atoms with E-state index in [0.717, 1.165) is 47.8 Å². The zero-order chi connectivity index (χ0) is 20.4. The summed E-state index contributed by atoms with van der Waals surface area (Å²) in [4.78, 5) is 32.4. The Balaban J connectivity index is 1.79. The number of likely N-dealkylation sites (N-methyl/N-ethyl adjacent to an activating group) is 1. The number of pyridine rings is 1. The molecule has 0 spiro atoms. The third-order valence-electron chi connectivity index (χ3n) is 5.37.